The zero-order valence-corrected chi connectivity index (χ0v) is 17.9. The third-order valence-electron chi connectivity index (χ3n) is 6.17. The highest BCUT2D eigenvalue weighted by Gasteiger charge is 2.42. The van der Waals surface area contributed by atoms with Crippen molar-refractivity contribution in [3.63, 3.8) is 0 Å². The third kappa shape index (κ3) is 4.42. The Morgan fingerprint density at radius 3 is 2.81 bits per heavy atom. The zero-order chi connectivity index (χ0) is 22.0. The van der Waals surface area contributed by atoms with E-state index in [9.17, 15) is 14.7 Å². The second-order valence-electron chi connectivity index (χ2n) is 8.06. The van der Waals surface area contributed by atoms with E-state index in [1.807, 2.05) is 36.1 Å². The molecule has 3 atom stereocenters. The Morgan fingerprint density at radius 1 is 1.32 bits per heavy atom. The summed E-state index contributed by atoms with van der Waals surface area (Å²) in [5.41, 5.74) is 1.93. The van der Waals surface area contributed by atoms with Crippen LogP contribution in [0, 0.1) is 0 Å². The number of piperazine rings is 1. The molecule has 2 aliphatic rings. The van der Waals surface area contributed by atoms with Gasteiger partial charge in [0, 0.05) is 31.7 Å². The molecule has 2 fully saturated rings. The number of hydrogen-bond acceptors (Lipinski definition) is 6. The Bertz CT molecular complexity index is 928. The van der Waals surface area contributed by atoms with E-state index >= 15 is 0 Å². The Kier molecular flexibility index (Phi) is 6.24. The summed E-state index contributed by atoms with van der Waals surface area (Å²) in [6, 6.07) is 8.85. The highest BCUT2D eigenvalue weighted by Crippen LogP contribution is 2.29. The standard InChI is InChI=1S/C22H29N5O4/c1-3-31-15-6-4-14(5-7-15)16-12-17(25-24-16)22(30)26(2)18-8-9-19(21(18)29)27-11-10-23-20(28)13-27/h4-7,12,18-19,21,29H,3,8-11,13H2,1-2H3,(H,23,28)(H,24,25)/t18-,19-,21-/m1/s1. The minimum Gasteiger partial charge on any atom is -0.494 e. The summed E-state index contributed by atoms with van der Waals surface area (Å²) in [7, 11) is 1.71. The molecule has 1 saturated carbocycles. The van der Waals surface area contributed by atoms with Gasteiger partial charge in [0.1, 0.15) is 11.4 Å². The number of rotatable bonds is 6. The molecular weight excluding hydrogens is 398 g/mol. The first-order valence-corrected chi connectivity index (χ1v) is 10.7. The van der Waals surface area contributed by atoms with Crippen LogP contribution in [0.3, 0.4) is 0 Å². The van der Waals surface area contributed by atoms with E-state index < -0.39 is 6.10 Å². The summed E-state index contributed by atoms with van der Waals surface area (Å²) in [5, 5.41) is 20.8. The first kappa shape index (κ1) is 21.3. The van der Waals surface area contributed by atoms with Gasteiger partial charge in [0.25, 0.3) is 5.91 Å². The van der Waals surface area contributed by atoms with Crippen molar-refractivity contribution in [3.8, 4) is 17.0 Å². The number of benzene rings is 1. The fourth-order valence-corrected chi connectivity index (χ4v) is 4.51. The van der Waals surface area contributed by atoms with Crippen LogP contribution in [0.1, 0.15) is 30.3 Å². The average molecular weight is 428 g/mol. The maximum atomic E-state index is 13.0. The van der Waals surface area contributed by atoms with E-state index in [1.165, 1.54) is 0 Å². The number of nitrogens with one attached hydrogen (secondary N) is 2. The van der Waals surface area contributed by atoms with Crippen LogP contribution in [0.2, 0.25) is 0 Å². The number of aliphatic hydroxyl groups is 1. The number of amides is 2. The molecule has 1 aromatic carbocycles. The van der Waals surface area contributed by atoms with Crippen molar-refractivity contribution in [2.45, 2.75) is 38.0 Å². The number of aromatic amines is 1. The third-order valence-corrected chi connectivity index (χ3v) is 6.17. The Hall–Kier alpha value is -2.91. The van der Waals surface area contributed by atoms with E-state index in [1.54, 1.807) is 18.0 Å². The molecule has 9 heteroatoms. The Labute approximate surface area is 181 Å². The second-order valence-corrected chi connectivity index (χ2v) is 8.06. The molecule has 1 aromatic heterocycles. The van der Waals surface area contributed by atoms with Crippen LogP contribution in [0.4, 0.5) is 0 Å². The van der Waals surface area contributed by atoms with Crippen LogP contribution >= 0.6 is 0 Å². The van der Waals surface area contributed by atoms with Crippen molar-refractivity contribution in [1.82, 2.24) is 25.3 Å². The number of likely N-dealkylation sites (N-methyl/N-ethyl adjacent to an activating group) is 1. The van der Waals surface area contributed by atoms with Crippen molar-refractivity contribution in [3.05, 3.63) is 36.0 Å². The molecule has 3 N–H and O–H groups in total. The molecule has 31 heavy (non-hydrogen) atoms. The molecule has 0 unspecified atom stereocenters. The van der Waals surface area contributed by atoms with Gasteiger partial charge < -0.3 is 20.1 Å². The molecule has 1 aliphatic carbocycles. The smallest absolute Gasteiger partial charge is 0.271 e. The van der Waals surface area contributed by atoms with Gasteiger partial charge in [-0.2, -0.15) is 5.10 Å². The lowest BCUT2D eigenvalue weighted by molar-refractivity contribution is -0.125. The molecule has 9 nitrogen and oxygen atoms in total. The molecule has 166 valence electrons. The van der Waals surface area contributed by atoms with Crippen LogP contribution in [0.5, 0.6) is 5.75 Å². The minimum atomic E-state index is -0.701. The molecule has 2 aromatic rings. The number of carbonyl (C=O) groups excluding carboxylic acids is 2. The molecule has 0 spiro atoms. The summed E-state index contributed by atoms with van der Waals surface area (Å²) < 4.78 is 5.46. The van der Waals surface area contributed by atoms with Crippen LogP contribution in [-0.2, 0) is 4.79 Å². The SMILES string of the molecule is CCOc1ccc(-c2cc(C(=O)N(C)[C@@H]3CC[C@@H](N4CCNC(=O)C4)[C@@H]3O)[nH]n2)cc1. The first-order valence-electron chi connectivity index (χ1n) is 10.7. The Balaban J connectivity index is 1.42. The summed E-state index contributed by atoms with van der Waals surface area (Å²) in [6.45, 7) is 4.13. The fourth-order valence-electron chi connectivity index (χ4n) is 4.51. The lowest BCUT2D eigenvalue weighted by atomic mass is 10.1. The summed E-state index contributed by atoms with van der Waals surface area (Å²) >= 11 is 0. The molecule has 1 aliphatic heterocycles. The van der Waals surface area contributed by atoms with Crippen LogP contribution < -0.4 is 10.1 Å². The lowest BCUT2D eigenvalue weighted by Gasteiger charge is -2.35. The monoisotopic (exact) mass is 427 g/mol. The zero-order valence-electron chi connectivity index (χ0n) is 17.9. The van der Waals surface area contributed by atoms with Gasteiger partial charge in [-0.1, -0.05) is 0 Å². The predicted molar refractivity (Wildman–Crippen MR) is 115 cm³/mol. The van der Waals surface area contributed by atoms with Gasteiger partial charge in [-0.05, 0) is 50.1 Å². The second kappa shape index (κ2) is 9.07. The quantitative estimate of drug-likeness (QED) is 0.631. The van der Waals surface area contributed by atoms with Crippen molar-refractivity contribution < 1.29 is 19.4 Å². The topological polar surface area (TPSA) is 111 Å². The average Bonchev–Trinajstić information content (AvgIpc) is 3.41. The van der Waals surface area contributed by atoms with Gasteiger partial charge in [-0.3, -0.25) is 19.6 Å². The number of aliphatic hydroxyl groups excluding tert-OH is 1. The van der Waals surface area contributed by atoms with Gasteiger partial charge in [0.15, 0.2) is 0 Å². The van der Waals surface area contributed by atoms with Gasteiger partial charge >= 0.3 is 0 Å². The molecule has 4 rings (SSSR count). The maximum absolute atomic E-state index is 13.0. The molecular formula is C22H29N5O4. The van der Waals surface area contributed by atoms with Crippen LogP contribution in [-0.4, -0.2) is 88.4 Å². The van der Waals surface area contributed by atoms with Crippen LogP contribution in [0.25, 0.3) is 11.3 Å². The van der Waals surface area contributed by atoms with Gasteiger partial charge in [0.2, 0.25) is 5.91 Å². The lowest BCUT2D eigenvalue weighted by Crippen LogP contribution is -2.55. The predicted octanol–water partition coefficient (Wildman–Crippen LogP) is 0.871. The Morgan fingerprint density at radius 2 is 2.10 bits per heavy atom. The number of ether oxygens (including phenoxy) is 1. The van der Waals surface area contributed by atoms with Crippen molar-refractivity contribution in [2.24, 2.45) is 0 Å². The summed E-state index contributed by atoms with van der Waals surface area (Å²) in [4.78, 5) is 28.3. The number of H-pyrrole nitrogens is 1. The minimum absolute atomic E-state index is 0.0226. The molecule has 2 heterocycles. The number of nitrogens with zero attached hydrogens (tertiary/aromatic N) is 3. The normalized spacial score (nSPS) is 24.1. The first-order chi connectivity index (χ1) is 15.0. The molecule has 2 amide bonds. The summed E-state index contributed by atoms with van der Waals surface area (Å²) in [5.74, 6) is 0.546. The number of hydrogen-bond donors (Lipinski definition) is 3. The van der Waals surface area contributed by atoms with E-state index in [0.29, 0.717) is 37.5 Å². The van der Waals surface area contributed by atoms with E-state index in [4.69, 9.17) is 4.74 Å². The van der Waals surface area contributed by atoms with E-state index in [0.717, 1.165) is 17.7 Å². The highest BCUT2D eigenvalue weighted by atomic mass is 16.5. The fraction of sp³-hybridized carbons (Fsp3) is 0.500. The van der Waals surface area contributed by atoms with Crippen molar-refractivity contribution >= 4 is 11.8 Å². The van der Waals surface area contributed by atoms with Crippen molar-refractivity contribution in [2.75, 3.05) is 33.3 Å². The van der Waals surface area contributed by atoms with Crippen LogP contribution in [0.15, 0.2) is 30.3 Å². The van der Waals surface area contributed by atoms with E-state index in [2.05, 4.69) is 15.5 Å². The van der Waals surface area contributed by atoms with Crippen molar-refractivity contribution in [1.29, 1.82) is 0 Å². The number of carbonyl (C=O) groups is 2. The highest BCUT2D eigenvalue weighted by molar-refractivity contribution is 5.93. The van der Waals surface area contributed by atoms with Gasteiger partial charge in [0.05, 0.1) is 31.0 Å². The molecule has 0 bridgehead atoms. The van der Waals surface area contributed by atoms with E-state index in [-0.39, 0.29) is 30.4 Å². The van der Waals surface area contributed by atoms with Gasteiger partial charge in [-0.25, -0.2) is 0 Å². The largest absolute Gasteiger partial charge is 0.494 e. The maximum Gasteiger partial charge on any atom is 0.271 e. The van der Waals surface area contributed by atoms with Gasteiger partial charge in [-0.15, -0.1) is 0 Å². The molecule has 1 saturated heterocycles. The molecule has 0 radical (unpaired) electrons. The number of aromatic nitrogens is 2. The summed E-state index contributed by atoms with van der Waals surface area (Å²) in [6.07, 6.45) is 0.733.